The van der Waals surface area contributed by atoms with Gasteiger partial charge in [-0.15, -0.1) is 11.6 Å². The highest BCUT2D eigenvalue weighted by Gasteiger charge is 2.40. The fourth-order valence-electron chi connectivity index (χ4n) is 1.23. The van der Waals surface area contributed by atoms with E-state index in [4.69, 9.17) is 11.6 Å². The van der Waals surface area contributed by atoms with Crippen LogP contribution in [0, 0.1) is 0 Å². The zero-order valence-corrected chi connectivity index (χ0v) is 9.62. The van der Waals surface area contributed by atoms with Gasteiger partial charge in [-0.25, -0.2) is 4.68 Å². The first-order chi connectivity index (χ1) is 8.06. The van der Waals surface area contributed by atoms with E-state index in [0.29, 0.717) is 4.68 Å². The molecule has 0 unspecified atom stereocenters. The highest BCUT2D eigenvalue weighted by molar-refractivity contribution is 6.17. The lowest BCUT2D eigenvalue weighted by Gasteiger charge is -2.10. The number of hydrogen-bond donors (Lipinski definition) is 0. The van der Waals surface area contributed by atoms with Gasteiger partial charge in [0, 0.05) is 7.05 Å². The summed E-state index contributed by atoms with van der Waals surface area (Å²) in [6.45, 7) is -1.71. The van der Waals surface area contributed by atoms with Crippen LogP contribution in [0.1, 0.15) is 11.3 Å². The van der Waals surface area contributed by atoms with Crippen molar-refractivity contribution in [2.75, 3.05) is 6.61 Å². The summed E-state index contributed by atoms with van der Waals surface area (Å²) in [6.07, 6.45) is -9.46. The second-order valence-electron chi connectivity index (χ2n) is 3.29. The van der Waals surface area contributed by atoms with Crippen molar-refractivity contribution in [2.24, 2.45) is 7.05 Å². The zero-order chi connectivity index (χ0) is 14.1. The van der Waals surface area contributed by atoms with Gasteiger partial charge >= 0.3 is 12.4 Å². The Hall–Kier alpha value is -1.12. The van der Waals surface area contributed by atoms with E-state index in [9.17, 15) is 26.3 Å². The molecule has 0 saturated carbocycles. The number of ether oxygens (including phenoxy) is 1. The van der Waals surface area contributed by atoms with Crippen molar-refractivity contribution >= 4 is 11.6 Å². The van der Waals surface area contributed by atoms with E-state index in [2.05, 4.69) is 9.84 Å². The Labute approximate surface area is 102 Å². The van der Waals surface area contributed by atoms with Gasteiger partial charge in [0.15, 0.2) is 12.3 Å². The van der Waals surface area contributed by atoms with Crippen LogP contribution in [0.5, 0.6) is 5.88 Å². The molecule has 10 heteroatoms. The molecule has 0 fully saturated rings. The molecular weight excluding hydrogens is 290 g/mol. The Morgan fingerprint density at radius 1 is 1.22 bits per heavy atom. The third-order valence-corrected chi connectivity index (χ3v) is 2.13. The third kappa shape index (κ3) is 3.44. The zero-order valence-electron chi connectivity index (χ0n) is 8.86. The van der Waals surface area contributed by atoms with Crippen LogP contribution >= 0.6 is 11.6 Å². The molecule has 0 aliphatic heterocycles. The van der Waals surface area contributed by atoms with Crippen molar-refractivity contribution in [3.8, 4) is 5.88 Å². The Morgan fingerprint density at radius 3 is 2.17 bits per heavy atom. The van der Waals surface area contributed by atoms with E-state index in [1.807, 2.05) is 0 Å². The van der Waals surface area contributed by atoms with Crippen LogP contribution in [0.2, 0.25) is 0 Å². The van der Waals surface area contributed by atoms with Gasteiger partial charge in [-0.05, 0) is 0 Å². The Kier molecular flexibility index (Phi) is 4.04. The van der Waals surface area contributed by atoms with Crippen molar-refractivity contribution in [3.05, 3.63) is 11.3 Å². The highest BCUT2D eigenvalue weighted by atomic mass is 35.5. The van der Waals surface area contributed by atoms with Crippen LogP contribution in [0.25, 0.3) is 0 Å². The van der Waals surface area contributed by atoms with Crippen LogP contribution < -0.4 is 4.74 Å². The van der Waals surface area contributed by atoms with E-state index in [-0.39, 0.29) is 0 Å². The normalized spacial score (nSPS) is 12.9. The molecule has 0 aliphatic carbocycles. The van der Waals surface area contributed by atoms with Crippen LogP contribution in [-0.2, 0) is 19.1 Å². The number of hydrogen-bond acceptors (Lipinski definition) is 2. The fraction of sp³-hybridized carbons (Fsp3) is 0.625. The lowest BCUT2D eigenvalue weighted by molar-refractivity contribution is -0.154. The molecule has 18 heavy (non-hydrogen) atoms. The molecule has 1 aromatic heterocycles. The number of nitrogens with zero attached hydrogens (tertiary/aromatic N) is 2. The lowest BCUT2D eigenvalue weighted by Crippen LogP contribution is -2.20. The first-order valence-corrected chi connectivity index (χ1v) is 4.98. The number of alkyl halides is 7. The molecule has 1 aromatic rings. The molecule has 0 bridgehead atoms. The molecule has 0 amide bonds. The van der Waals surface area contributed by atoms with Crippen LogP contribution in [0.3, 0.4) is 0 Å². The maximum atomic E-state index is 12.5. The number of halogens is 7. The van der Waals surface area contributed by atoms with Crippen molar-refractivity contribution in [3.63, 3.8) is 0 Å². The van der Waals surface area contributed by atoms with E-state index in [0.717, 1.165) is 7.05 Å². The van der Waals surface area contributed by atoms with Crippen LogP contribution in [0.4, 0.5) is 26.3 Å². The summed E-state index contributed by atoms with van der Waals surface area (Å²) < 4.78 is 78.2. The van der Waals surface area contributed by atoms with Gasteiger partial charge < -0.3 is 4.74 Å². The second-order valence-corrected chi connectivity index (χ2v) is 3.56. The number of rotatable bonds is 3. The SMILES string of the molecule is Cn1nc(C(F)(F)F)c(CCl)c1OCC(F)(F)F. The van der Waals surface area contributed by atoms with Crippen LogP contribution in [0.15, 0.2) is 0 Å². The van der Waals surface area contributed by atoms with E-state index in [1.165, 1.54) is 0 Å². The smallest absolute Gasteiger partial charge is 0.435 e. The average Bonchev–Trinajstić information content (AvgIpc) is 2.50. The largest absolute Gasteiger partial charge is 0.468 e. The van der Waals surface area contributed by atoms with Gasteiger partial charge in [-0.2, -0.15) is 31.4 Å². The maximum Gasteiger partial charge on any atom is 0.435 e. The minimum atomic E-state index is -4.80. The number of aryl methyl sites for hydroxylation is 1. The van der Waals surface area contributed by atoms with Gasteiger partial charge in [-0.3, -0.25) is 0 Å². The molecular formula is C8H7ClF6N2O. The molecule has 104 valence electrons. The Bertz CT molecular complexity index is 424. The summed E-state index contributed by atoms with van der Waals surface area (Å²) in [5, 5.41) is 3.07. The lowest BCUT2D eigenvalue weighted by atomic mass is 10.2. The third-order valence-electron chi connectivity index (χ3n) is 1.86. The van der Waals surface area contributed by atoms with E-state index >= 15 is 0 Å². The van der Waals surface area contributed by atoms with Gasteiger partial charge in [0.05, 0.1) is 11.4 Å². The summed E-state index contributed by atoms with van der Waals surface area (Å²) in [5.74, 6) is -1.30. The van der Waals surface area contributed by atoms with E-state index < -0.39 is 42.0 Å². The quantitative estimate of drug-likeness (QED) is 0.633. The summed E-state index contributed by atoms with van der Waals surface area (Å²) in [6, 6.07) is 0. The predicted molar refractivity (Wildman–Crippen MR) is 49.3 cm³/mol. The van der Waals surface area contributed by atoms with Crippen LogP contribution in [-0.4, -0.2) is 22.6 Å². The van der Waals surface area contributed by atoms with Crippen molar-refractivity contribution in [1.82, 2.24) is 9.78 Å². The van der Waals surface area contributed by atoms with Crippen molar-refractivity contribution in [2.45, 2.75) is 18.2 Å². The minimum Gasteiger partial charge on any atom is -0.468 e. The highest BCUT2D eigenvalue weighted by Crippen LogP contribution is 2.36. The standard InChI is InChI=1S/C8H7ClF6N2O/c1-17-6(18-3-7(10,11)12)4(2-9)5(16-17)8(13,14)15/h2-3H2,1H3. The topological polar surface area (TPSA) is 27.1 Å². The molecule has 0 radical (unpaired) electrons. The maximum absolute atomic E-state index is 12.5. The summed E-state index contributed by atoms with van der Waals surface area (Å²) in [7, 11) is 1.04. The van der Waals surface area contributed by atoms with Gasteiger partial charge in [0.1, 0.15) is 0 Å². The van der Waals surface area contributed by atoms with Crippen molar-refractivity contribution < 1.29 is 31.1 Å². The molecule has 0 N–H and O–H groups in total. The second kappa shape index (κ2) is 4.87. The molecule has 0 spiro atoms. The summed E-state index contributed by atoms with van der Waals surface area (Å²) in [4.78, 5) is 0. The van der Waals surface area contributed by atoms with Gasteiger partial charge in [-0.1, -0.05) is 0 Å². The molecule has 0 saturated heterocycles. The Balaban J connectivity index is 3.09. The predicted octanol–water partition coefficient (Wildman–Crippen LogP) is 3.12. The Morgan fingerprint density at radius 2 is 1.78 bits per heavy atom. The molecule has 0 aliphatic rings. The fourth-order valence-corrected chi connectivity index (χ4v) is 1.47. The molecule has 1 rings (SSSR count). The molecule has 0 aromatic carbocycles. The first kappa shape index (κ1) is 14.9. The first-order valence-electron chi connectivity index (χ1n) is 4.45. The monoisotopic (exact) mass is 296 g/mol. The molecule has 3 nitrogen and oxygen atoms in total. The van der Waals surface area contributed by atoms with E-state index in [1.54, 1.807) is 0 Å². The van der Waals surface area contributed by atoms with Crippen molar-refractivity contribution in [1.29, 1.82) is 0 Å². The molecule has 0 atom stereocenters. The summed E-state index contributed by atoms with van der Waals surface area (Å²) >= 11 is 5.29. The minimum absolute atomic E-state index is 0.576. The molecule has 1 heterocycles. The summed E-state index contributed by atoms with van der Waals surface area (Å²) in [5.41, 5.74) is -1.96. The number of aromatic nitrogens is 2. The average molecular weight is 297 g/mol. The van der Waals surface area contributed by atoms with Gasteiger partial charge in [0.25, 0.3) is 0 Å². The van der Waals surface area contributed by atoms with Gasteiger partial charge in [0.2, 0.25) is 5.88 Å².